The van der Waals surface area contributed by atoms with E-state index in [0.29, 0.717) is 16.6 Å². The molecule has 0 aliphatic heterocycles. The van der Waals surface area contributed by atoms with E-state index < -0.39 is 17.5 Å². The van der Waals surface area contributed by atoms with Gasteiger partial charge in [0.1, 0.15) is 17.5 Å². The molecule has 0 saturated carbocycles. The van der Waals surface area contributed by atoms with Gasteiger partial charge in [-0.3, -0.25) is 14.2 Å². The predicted octanol–water partition coefficient (Wildman–Crippen LogP) is 3.59. The van der Waals surface area contributed by atoms with Gasteiger partial charge in [0, 0.05) is 0 Å². The zero-order chi connectivity index (χ0) is 20.4. The van der Waals surface area contributed by atoms with Crippen molar-refractivity contribution in [3.05, 3.63) is 106 Å². The molecular formula is C22H15F2N3O2. The van der Waals surface area contributed by atoms with E-state index in [9.17, 15) is 18.4 Å². The summed E-state index contributed by atoms with van der Waals surface area (Å²) in [6, 6.07) is 17.8. The van der Waals surface area contributed by atoms with Crippen molar-refractivity contribution in [1.82, 2.24) is 14.9 Å². The topological polar surface area (TPSA) is 64.0 Å². The summed E-state index contributed by atoms with van der Waals surface area (Å²) < 4.78 is 28.5. The summed E-state index contributed by atoms with van der Waals surface area (Å²) in [5, 5.41) is 2.98. The normalized spacial score (nSPS) is 10.8. The summed E-state index contributed by atoms with van der Waals surface area (Å²) in [6.45, 7) is -0.120. The number of fused-ring (bicyclic) bond motifs is 1. The molecule has 0 atom stereocenters. The van der Waals surface area contributed by atoms with E-state index in [1.165, 1.54) is 47.0 Å². The summed E-state index contributed by atoms with van der Waals surface area (Å²) in [6.07, 6.45) is 0. The number of nitrogens with zero attached hydrogens (tertiary/aromatic N) is 2. The van der Waals surface area contributed by atoms with Gasteiger partial charge in [0.2, 0.25) is 0 Å². The van der Waals surface area contributed by atoms with E-state index in [1.807, 2.05) is 0 Å². The first kappa shape index (κ1) is 18.5. The number of aromatic nitrogens is 2. The van der Waals surface area contributed by atoms with Crippen LogP contribution in [0.4, 0.5) is 8.78 Å². The summed E-state index contributed by atoms with van der Waals surface area (Å²) in [5.41, 5.74) is 0.414. The van der Waals surface area contributed by atoms with E-state index >= 15 is 0 Å². The van der Waals surface area contributed by atoms with Crippen LogP contribution in [0.3, 0.4) is 0 Å². The molecule has 7 heteroatoms. The number of halogens is 2. The van der Waals surface area contributed by atoms with E-state index in [-0.39, 0.29) is 23.5 Å². The fraction of sp³-hybridized carbons (Fsp3) is 0.0455. The third-order valence-corrected chi connectivity index (χ3v) is 4.46. The molecule has 1 aromatic heterocycles. The summed E-state index contributed by atoms with van der Waals surface area (Å²) in [7, 11) is 0. The van der Waals surface area contributed by atoms with Crippen LogP contribution in [0.5, 0.6) is 0 Å². The number of rotatable bonds is 4. The molecule has 1 amide bonds. The van der Waals surface area contributed by atoms with E-state index in [4.69, 9.17) is 0 Å². The van der Waals surface area contributed by atoms with Crippen LogP contribution >= 0.6 is 0 Å². The average molecular weight is 391 g/mol. The van der Waals surface area contributed by atoms with Crippen LogP contribution in [-0.4, -0.2) is 15.5 Å². The van der Waals surface area contributed by atoms with Crippen molar-refractivity contribution in [3.8, 4) is 5.69 Å². The van der Waals surface area contributed by atoms with Gasteiger partial charge >= 0.3 is 0 Å². The minimum absolute atomic E-state index is 0.107. The highest BCUT2D eigenvalue weighted by molar-refractivity contribution is 5.94. The highest BCUT2D eigenvalue weighted by Crippen LogP contribution is 2.14. The molecule has 0 unspecified atom stereocenters. The van der Waals surface area contributed by atoms with Crippen molar-refractivity contribution in [2.24, 2.45) is 0 Å². The molecule has 0 fully saturated rings. The molecule has 144 valence electrons. The molecule has 4 aromatic rings. The Morgan fingerprint density at radius 3 is 2.38 bits per heavy atom. The second kappa shape index (κ2) is 7.63. The number of nitrogens with one attached hydrogen (secondary N) is 1. The Balaban J connectivity index is 1.77. The fourth-order valence-corrected chi connectivity index (χ4v) is 3.05. The van der Waals surface area contributed by atoms with Gasteiger partial charge in [-0.2, -0.15) is 0 Å². The highest BCUT2D eigenvalue weighted by Gasteiger charge is 2.15. The van der Waals surface area contributed by atoms with Crippen molar-refractivity contribution in [1.29, 1.82) is 0 Å². The Hall–Kier alpha value is -3.87. The molecule has 1 N–H and O–H groups in total. The van der Waals surface area contributed by atoms with Gasteiger partial charge in [-0.05, 0) is 48.5 Å². The number of hydrogen-bond acceptors (Lipinski definition) is 3. The Bertz CT molecular complexity index is 1270. The Labute approximate surface area is 164 Å². The van der Waals surface area contributed by atoms with Crippen LogP contribution in [0.1, 0.15) is 16.2 Å². The molecule has 0 bridgehead atoms. The molecule has 1 heterocycles. The number of carbonyl (C=O) groups excluding carboxylic acids is 1. The van der Waals surface area contributed by atoms with Crippen LogP contribution in [0.25, 0.3) is 16.6 Å². The van der Waals surface area contributed by atoms with E-state index in [1.54, 1.807) is 30.3 Å². The van der Waals surface area contributed by atoms with Gasteiger partial charge in [0.15, 0.2) is 0 Å². The molecule has 5 nitrogen and oxygen atoms in total. The van der Waals surface area contributed by atoms with Crippen molar-refractivity contribution < 1.29 is 13.6 Å². The predicted molar refractivity (Wildman–Crippen MR) is 105 cm³/mol. The third-order valence-electron chi connectivity index (χ3n) is 4.46. The molecule has 29 heavy (non-hydrogen) atoms. The lowest BCUT2D eigenvalue weighted by atomic mass is 10.2. The molecule has 4 rings (SSSR count). The SMILES string of the molecule is O=C(NCc1nc2ccccc2c(=O)n1-c1ccc(F)cc1)c1ccccc1F. The lowest BCUT2D eigenvalue weighted by Gasteiger charge is -2.14. The van der Waals surface area contributed by atoms with Gasteiger partial charge < -0.3 is 5.32 Å². The van der Waals surface area contributed by atoms with Gasteiger partial charge in [0.05, 0.1) is 28.7 Å². The smallest absolute Gasteiger partial charge is 0.266 e. The van der Waals surface area contributed by atoms with Gasteiger partial charge in [-0.15, -0.1) is 0 Å². The Morgan fingerprint density at radius 1 is 0.931 bits per heavy atom. The maximum atomic E-state index is 13.9. The first-order chi connectivity index (χ1) is 14.0. The van der Waals surface area contributed by atoms with Gasteiger partial charge in [-0.25, -0.2) is 13.8 Å². The number of para-hydroxylation sites is 1. The van der Waals surface area contributed by atoms with Crippen LogP contribution in [0, 0.1) is 11.6 Å². The zero-order valence-corrected chi connectivity index (χ0v) is 15.1. The molecule has 0 aliphatic carbocycles. The average Bonchev–Trinajstić information content (AvgIpc) is 2.73. The molecule has 3 aromatic carbocycles. The minimum Gasteiger partial charge on any atom is -0.345 e. The number of amides is 1. The van der Waals surface area contributed by atoms with Crippen LogP contribution in [0.15, 0.2) is 77.6 Å². The first-order valence-corrected chi connectivity index (χ1v) is 8.84. The van der Waals surface area contributed by atoms with Crippen molar-refractivity contribution >= 4 is 16.8 Å². The summed E-state index contributed by atoms with van der Waals surface area (Å²) >= 11 is 0. The van der Waals surface area contributed by atoms with Crippen LogP contribution < -0.4 is 10.9 Å². The van der Waals surface area contributed by atoms with Crippen molar-refractivity contribution in [3.63, 3.8) is 0 Å². The summed E-state index contributed by atoms with van der Waals surface area (Å²) in [4.78, 5) is 29.9. The first-order valence-electron chi connectivity index (χ1n) is 8.84. The standard InChI is InChI=1S/C22H15F2N3O2/c23-14-9-11-15(12-10-14)27-20(26-19-8-4-2-6-17(19)22(27)29)13-25-21(28)16-5-1-3-7-18(16)24/h1-12H,13H2,(H,25,28). The molecule has 0 spiro atoms. The summed E-state index contributed by atoms with van der Waals surface area (Å²) in [5.74, 6) is -1.47. The number of carbonyl (C=O) groups is 1. The highest BCUT2D eigenvalue weighted by atomic mass is 19.1. The number of hydrogen-bond donors (Lipinski definition) is 1. The maximum Gasteiger partial charge on any atom is 0.266 e. The van der Waals surface area contributed by atoms with Gasteiger partial charge in [0.25, 0.3) is 11.5 Å². The molecular weight excluding hydrogens is 376 g/mol. The number of benzene rings is 3. The lowest BCUT2D eigenvalue weighted by molar-refractivity contribution is 0.0945. The van der Waals surface area contributed by atoms with Crippen molar-refractivity contribution in [2.75, 3.05) is 0 Å². The molecule has 0 aliphatic rings. The van der Waals surface area contributed by atoms with Crippen molar-refractivity contribution in [2.45, 2.75) is 6.54 Å². The second-order valence-electron chi connectivity index (χ2n) is 6.32. The lowest BCUT2D eigenvalue weighted by Crippen LogP contribution is -2.30. The van der Waals surface area contributed by atoms with Crippen LogP contribution in [-0.2, 0) is 6.54 Å². The third kappa shape index (κ3) is 3.62. The Morgan fingerprint density at radius 2 is 1.62 bits per heavy atom. The second-order valence-corrected chi connectivity index (χ2v) is 6.32. The quantitative estimate of drug-likeness (QED) is 0.578. The minimum atomic E-state index is -0.646. The zero-order valence-electron chi connectivity index (χ0n) is 15.1. The van der Waals surface area contributed by atoms with E-state index in [0.717, 1.165) is 0 Å². The Kier molecular flexibility index (Phi) is 4.87. The fourth-order valence-electron chi connectivity index (χ4n) is 3.05. The molecule has 0 radical (unpaired) electrons. The van der Waals surface area contributed by atoms with E-state index in [2.05, 4.69) is 10.3 Å². The molecule has 0 saturated heterocycles. The van der Waals surface area contributed by atoms with Crippen LogP contribution in [0.2, 0.25) is 0 Å². The monoisotopic (exact) mass is 391 g/mol. The van der Waals surface area contributed by atoms with Gasteiger partial charge in [-0.1, -0.05) is 24.3 Å². The largest absolute Gasteiger partial charge is 0.345 e. The maximum absolute atomic E-state index is 13.9.